The van der Waals surface area contributed by atoms with E-state index in [4.69, 9.17) is 0 Å². The van der Waals surface area contributed by atoms with Crippen LogP contribution in [0.1, 0.15) is 30.5 Å². The fraction of sp³-hybridized carbons (Fsp3) is 0.500. The second-order valence-corrected chi connectivity index (χ2v) is 4.47. The minimum atomic E-state index is -0.722. The molecular weight excluding hydrogens is 210 g/mol. The van der Waals surface area contributed by atoms with Crippen LogP contribution >= 0.6 is 12.4 Å². The van der Waals surface area contributed by atoms with E-state index < -0.39 is 5.60 Å². The Balaban J connectivity index is 0.00000112. The van der Waals surface area contributed by atoms with Gasteiger partial charge in [-0.2, -0.15) is 0 Å². The van der Waals surface area contributed by atoms with Gasteiger partial charge in [0.2, 0.25) is 0 Å². The lowest BCUT2D eigenvalue weighted by Gasteiger charge is -2.22. The lowest BCUT2D eigenvalue weighted by atomic mass is 9.92. The third-order valence-corrected chi connectivity index (χ3v) is 2.80. The summed E-state index contributed by atoms with van der Waals surface area (Å²) in [6, 6.07) is 6.27. The summed E-state index contributed by atoms with van der Waals surface area (Å²) in [4.78, 5) is 0. The lowest BCUT2D eigenvalue weighted by Crippen LogP contribution is -2.24. The highest BCUT2D eigenvalue weighted by Crippen LogP contribution is 2.23. The van der Waals surface area contributed by atoms with Crippen molar-refractivity contribution >= 4 is 12.4 Å². The molecule has 2 N–H and O–H groups in total. The molecule has 1 aromatic rings. The summed E-state index contributed by atoms with van der Waals surface area (Å²) in [6.07, 6.45) is 1.07. The largest absolute Gasteiger partial charge is 0.386 e. The topological polar surface area (TPSA) is 32.3 Å². The fourth-order valence-electron chi connectivity index (χ4n) is 1.86. The first-order valence-electron chi connectivity index (χ1n) is 5.13. The van der Waals surface area contributed by atoms with Gasteiger partial charge in [-0.05, 0) is 43.5 Å². The van der Waals surface area contributed by atoms with Crippen LogP contribution in [0.3, 0.4) is 0 Å². The van der Waals surface area contributed by atoms with Gasteiger partial charge >= 0.3 is 0 Å². The lowest BCUT2D eigenvalue weighted by molar-refractivity contribution is 0.0785. The molecular formula is C12H18ClNO. The zero-order chi connectivity index (χ0) is 10.2. The van der Waals surface area contributed by atoms with Crippen LogP contribution in [0.25, 0.3) is 0 Å². The fourth-order valence-corrected chi connectivity index (χ4v) is 1.86. The van der Waals surface area contributed by atoms with Crippen molar-refractivity contribution in [1.82, 2.24) is 5.32 Å². The molecule has 3 heteroatoms. The Morgan fingerprint density at radius 3 is 2.67 bits per heavy atom. The summed E-state index contributed by atoms with van der Waals surface area (Å²) < 4.78 is 0. The van der Waals surface area contributed by atoms with E-state index in [1.165, 1.54) is 11.1 Å². The predicted molar refractivity (Wildman–Crippen MR) is 64.3 cm³/mol. The molecule has 1 aliphatic heterocycles. The van der Waals surface area contributed by atoms with Crippen molar-refractivity contribution in [3.8, 4) is 0 Å². The van der Waals surface area contributed by atoms with Crippen LogP contribution < -0.4 is 5.32 Å². The zero-order valence-corrected chi connectivity index (χ0v) is 10.0. The highest BCUT2D eigenvalue weighted by Gasteiger charge is 2.18. The number of aliphatic hydroxyl groups is 1. The molecule has 0 saturated carbocycles. The number of fused-ring (bicyclic) bond motifs is 1. The minimum absolute atomic E-state index is 0. The van der Waals surface area contributed by atoms with Gasteiger partial charge in [0.25, 0.3) is 0 Å². The van der Waals surface area contributed by atoms with Crippen LogP contribution in [0.4, 0.5) is 0 Å². The van der Waals surface area contributed by atoms with Crippen molar-refractivity contribution in [2.24, 2.45) is 0 Å². The first-order valence-corrected chi connectivity index (χ1v) is 5.13. The van der Waals surface area contributed by atoms with Gasteiger partial charge in [0.1, 0.15) is 0 Å². The van der Waals surface area contributed by atoms with Gasteiger partial charge < -0.3 is 10.4 Å². The first kappa shape index (κ1) is 12.5. The molecule has 2 rings (SSSR count). The number of rotatable bonds is 1. The van der Waals surface area contributed by atoms with Gasteiger partial charge in [-0.15, -0.1) is 12.4 Å². The van der Waals surface area contributed by atoms with E-state index in [1.54, 1.807) is 0 Å². The Morgan fingerprint density at radius 1 is 1.27 bits per heavy atom. The van der Waals surface area contributed by atoms with Crippen molar-refractivity contribution in [3.05, 3.63) is 34.9 Å². The molecule has 0 aromatic heterocycles. The number of benzene rings is 1. The predicted octanol–water partition coefficient (Wildman–Crippen LogP) is 1.98. The Hall–Kier alpha value is -0.570. The third kappa shape index (κ3) is 2.71. The van der Waals surface area contributed by atoms with Crippen LogP contribution in [-0.2, 0) is 18.6 Å². The first-order chi connectivity index (χ1) is 6.57. The van der Waals surface area contributed by atoms with Crippen LogP contribution in [0, 0.1) is 0 Å². The Morgan fingerprint density at radius 2 is 2.00 bits per heavy atom. The van der Waals surface area contributed by atoms with Crippen molar-refractivity contribution in [2.75, 3.05) is 6.54 Å². The van der Waals surface area contributed by atoms with Gasteiger partial charge in [0.15, 0.2) is 0 Å². The second kappa shape index (κ2) is 4.52. The summed E-state index contributed by atoms with van der Waals surface area (Å²) in [5, 5.41) is 13.2. The van der Waals surface area contributed by atoms with E-state index in [0.29, 0.717) is 0 Å². The van der Waals surface area contributed by atoms with E-state index in [1.807, 2.05) is 19.9 Å². The van der Waals surface area contributed by atoms with Crippen LogP contribution in [-0.4, -0.2) is 11.7 Å². The molecule has 1 aromatic carbocycles. The zero-order valence-electron chi connectivity index (χ0n) is 9.21. The van der Waals surface area contributed by atoms with Gasteiger partial charge in [0.05, 0.1) is 5.60 Å². The van der Waals surface area contributed by atoms with E-state index in [0.717, 1.165) is 25.1 Å². The van der Waals surface area contributed by atoms with Crippen molar-refractivity contribution in [1.29, 1.82) is 0 Å². The molecule has 0 atom stereocenters. The Labute approximate surface area is 97.1 Å². The average Bonchev–Trinajstić information content (AvgIpc) is 2.16. The van der Waals surface area contributed by atoms with Crippen LogP contribution in [0.2, 0.25) is 0 Å². The highest BCUT2D eigenvalue weighted by molar-refractivity contribution is 5.85. The van der Waals surface area contributed by atoms with Crippen molar-refractivity contribution in [2.45, 2.75) is 32.4 Å². The second-order valence-electron chi connectivity index (χ2n) is 4.47. The number of hydrogen-bond acceptors (Lipinski definition) is 2. The molecule has 0 spiro atoms. The van der Waals surface area contributed by atoms with E-state index in [9.17, 15) is 5.11 Å². The maximum atomic E-state index is 9.87. The van der Waals surface area contributed by atoms with Gasteiger partial charge in [0, 0.05) is 6.54 Å². The molecule has 0 fully saturated rings. The molecule has 0 aliphatic carbocycles. The Bertz CT molecular complexity index is 344. The van der Waals surface area contributed by atoms with Gasteiger partial charge in [-0.1, -0.05) is 18.2 Å². The molecule has 0 amide bonds. The van der Waals surface area contributed by atoms with Crippen molar-refractivity contribution < 1.29 is 5.11 Å². The molecule has 1 heterocycles. The Kier molecular flexibility index (Phi) is 3.77. The maximum Gasteiger partial charge on any atom is 0.0840 e. The molecule has 1 aliphatic rings. The monoisotopic (exact) mass is 227 g/mol. The summed E-state index contributed by atoms with van der Waals surface area (Å²) >= 11 is 0. The van der Waals surface area contributed by atoms with E-state index in [2.05, 4.69) is 17.4 Å². The summed E-state index contributed by atoms with van der Waals surface area (Å²) in [6.45, 7) is 5.66. The summed E-state index contributed by atoms with van der Waals surface area (Å²) in [7, 11) is 0. The van der Waals surface area contributed by atoms with Crippen LogP contribution in [0.15, 0.2) is 18.2 Å². The molecule has 2 nitrogen and oxygen atoms in total. The number of hydrogen-bond donors (Lipinski definition) is 2. The third-order valence-electron chi connectivity index (χ3n) is 2.80. The summed E-state index contributed by atoms with van der Waals surface area (Å²) in [5.74, 6) is 0. The average molecular weight is 228 g/mol. The molecule has 84 valence electrons. The molecule has 0 bridgehead atoms. The van der Waals surface area contributed by atoms with Crippen molar-refractivity contribution in [3.63, 3.8) is 0 Å². The standard InChI is InChI=1S/C12H17NO.ClH/c1-12(2,14)11-4-3-10-8-13-6-5-9(10)7-11;/h3-4,7,13-14H,5-6,8H2,1-2H3;1H. The molecule has 15 heavy (non-hydrogen) atoms. The smallest absolute Gasteiger partial charge is 0.0840 e. The van der Waals surface area contributed by atoms with E-state index in [-0.39, 0.29) is 12.4 Å². The number of halogens is 1. The summed E-state index contributed by atoms with van der Waals surface area (Å²) in [5.41, 5.74) is 3.03. The molecule has 0 radical (unpaired) electrons. The van der Waals surface area contributed by atoms with Gasteiger partial charge in [-0.3, -0.25) is 0 Å². The SMILES string of the molecule is CC(C)(O)c1ccc2c(c1)CCNC2.Cl. The molecule has 0 saturated heterocycles. The maximum absolute atomic E-state index is 9.87. The number of nitrogens with one attached hydrogen (secondary N) is 1. The van der Waals surface area contributed by atoms with Gasteiger partial charge in [-0.25, -0.2) is 0 Å². The van der Waals surface area contributed by atoms with E-state index >= 15 is 0 Å². The highest BCUT2D eigenvalue weighted by atomic mass is 35.5. The van der Waals surface area contributed by atoms with Crippen LogP contribution in [0.5, 0.6) is 0 Å². The molecule has 0 unspecified atom stereocenters. The quantitative estimate of drug-likeness (QED) is 0.769. The minimum Gasteiger partial charge on any atom is -0.386 e. The normalized spacial score (nSPS) is 15.4.